The predicted molar refractivity (Wildman–Crippen MR) is 91.6 cm³/mol. The highest BCUT2D eigenvalue weighted by Crippen LogP contribution is 2.27. The van der Waals surface area contributed by atoms with Crippen LogP contribution in [0.5, 0.6) is 0 Å². The fraction of sp³-hybridized carbons (Fsp3) is 0.875. The molecule has 3 aliphatic heterocycles. The van der Waals surface area contributed by atoms with Gasteiger partial charge in [0.2, 0.25) is 11.8 Å². The first-order chi connectivity index (χ1) is 11.9. The first kappa shape index (κ1) is 18.6. The third-order valence-corrected chi connectivity index (χ3v) is 7.19. The predicted octanol–water partition coefficient (Wildman–Crippen LogP) is -1.31. The molecule has 0 aromatic carbocycles. The van der Waals surface area contributed by atoms with E-state index in [9.17, 15) is 23.1 Å². The fourth-order valence-corrected chi connectivity index (χ4v) is 6.26. The molecule has 8 nitrogen and oxygen atoms in total. The molecule has 3 heterocycles. The van der Waals surface area contributed by atoms with Crippen molar-refractivity contribution in [2.45, 2.75) is 37.8 Å². The third kappa shape index (κ3) is 4.15. The number of rotatable bonds is 6. The van der Waals surface area contributed by atoms with Gasteiger partial charge in [0.25, 0.3) is 0 Å². The van der Waals surface area contributed by atoms with Gasteiger partial charge >= 0.3 is 0 Å². The van der Waals surface area contributed by atoms with E-state index in [0.29, 0.717) is 45.4 Å². The molecule has 1 N–H and O–H groups in total. The molecule has 0 radical (unpaired) electrons. The molecule has 2 amide bonds. The van der Waals surface area contributed by atoms with Gasteiger partial charge in [-0.25, -0.2) is 8.42 Å². The van der Waals surface area contributed by atoms with Gasteiger partial charge in [0.05, 0.1) is 24.2 Å². The summed E-state index contributed by atoms with van der Waals surface area (Å²) in [5.41, 5.74) is 0. The lowest BCUT2D eigenvalue weighted by molar-refractivity contribution is -0.137. The molecule has 3 rings (SSSR count). The molecule has 0 aliphatic carbocycles. The quantitative estimate of drug-likeness (QED) is 0.621. The average Bonchev–Trinajstić information content (AvgIpc) is 3.10. The van der Waals surface area contributed by atoms with Gasteiger partial charge in [-0.15, -0.1) is 0 Å². The molecule has 25 heavy (non-hydrogen) atoms. The number of amides is 2. The Balaban J connectivity index is 1.57. The number of carbonyl (C=O) groups excluding carboxylic acids is 2. The van der Waals surface area contributed by atoms with Crippen molar-refractivity contribution in [3.8, 4) is 0 Å². The van der Waals surface area contributed by atoms with Crippen LogP contribution in [0.2, 0.25) is 0 Å². The Morgan fingerprint density at radius 3 is 2.56 bits per heavy atom. The molecule has 9 heteroatoms. The topological polar surface area (TPSA) is 98.2 Å². The maximum absolute atomic E-state index is 12.6. The van der Waals surface area contributed by atoms with Gasteiger partial charge in [0.15, 0.2) is 9.84 Å². The van der Waals surface area contributed by atoms with Crippen molar-refractivity contribution in [2.24, 2.45) is 0 Å². The summed E-state index contributed by atoms with van der Waals surface area (Å²) in [5.74, 6) is 0.203. The van der Waals surface area contributed by atoms with Crippen molar-refractivity contribution in [1.82, 2.24) is 14.7 Å². The van der Waals surface area contributed by atoms with Crippen molar-refractivity contribution >= 4 is 21.7 Å². The van der Waals surface area contributed by atoms with E-state index >= 15 is 0 Å². The minimum atomic E-state index is -3.16. The highest BCUT2D eigenvalue weighted by molar-refractivity contribution is 7.91. The van der Waals surface area contributed by atoms with Crippen molar-refractivity contribution in [1.29, 1.82) is 0 Å². The van der Waals surface area contributed by atoms with Gasteiger partial charge in [-0.05, 0) is 12.8 Å². The zero-order chi connectivity index (χ0) is 18.0. The lowest BCUT2D eigenvalue weighted by Gasteiger charge is -2.43. The molecule has 3 aliphatic rings. The van der Waals surface area contributed by atoms with Crippen molar-refractivity contribution in [3.63, 3.8) is 0 Å². The highest BCUT2D eigenvalue weighted by Gasteiger charge is 2.47. The summed E-state index contributed by atoms with van der Waals surface area (Å²) in [7, 11) is -3.16. The minimum absolute atomic E-state index is 0.00987. The number of hydrogen-bond donors (Lipinski definition) is 1. The number of aliphatic hydroxyl groups excluding tert-OH is 1. The van der Waals surface area contributed by atoms with Gasteiger partial charge in [0.1, 0.15) is 0 Å². The number of piperazine rings is 1. The molecule has 0 aromatic heterocycles. The molecular weight excluding hydrogens is 346 g/mol. The van der Waals surface area contributed by atoms with E-state index < -0.39 is 9.84 Å². The van der Waals surface area contributed by atoms with Crippen molar-refractivity contribution in [3.05, 3.63) is 0 Å². The number of hydrogen-bond acceptors (Lipinski definition) is 6. The first-order valence-corrected chi connectivity index (χ1v) is 10.9. The van der Waals surface area contributed by atoms with E-state index in [4.69, 9.17) is 0 Å². The second-order valence-corrected chi connectivity index (χ2v) is 9.30. The van der Waals surface area contributed by atoms with E-state index in [0.717, 1.165) is 13.0 Å². The van der Waals surface area contributed by atoms with Crippen LogP contribution >= 0.6 is 0 Å². The molecule has 3 fully saturated rings. The summed E-state index contributed by atoms with van der Waals surface area (Å²) in [6, 6.07) is -0.527. The average molecular weight is 373 g/mol. The van der Waals surface area contributed by atoms with Crippen LogP contribution in [0.3, 0.4) is 0 Å². The van der Waals surface area contributed by atoms with Crippen molar-refractivity contribution < 1.29 is 23.1 Å². The number of nitrogens with zero attached hydrogens (tertiary/aromatic N) is 3. The summed E-state index contributed by atoms with van der Waals surface area (Å²) in [4.78, 5) is 29.7. The first-order valence-electron chi connectivity index (χ1n) is 9.04. The van der Waals surface area contributed by atoms with Gasteiger partial charge in [-0.2, -0.15) is 0 Å². The Kier molecular flexibility index (Phi) is 5.65. The van der Waals surface area contributed by atoms with Crippen LogP contribution in [0, 0.1) is 0 Å². The van der Waals surface area contributed by atoms with Crippen LogP contribution in [-0.4, -0.2) is 103 Å². The zero-order valence-electron chi connectivity index (χ0n) is 14.5. The van der Waals surface area contributed by atoms with Gasteiger partial charge in [-0.1, -0.05) is 0 Å². The SMILES string of the molecule is O=C1CCCN1CCCC(=O)N1CCN(CCO)C2CS(=O)(=O)CC21. The van der Waals surface area contributed by atoms with E-state index in [1.165, 1.54) is 0 Å². The Bertz CT molecular complexity index is 623. The molecule has 0 spiro atoms. The maximum atomic E-state index is 12.6. The highest BCUT2D eigenvalue weighted by atomic mass is 32.2. The summed E-state index contributed by atoms with van der Waals surface area (Å²) < 4.78 is 24.1. The summed E-state index contributed by atoms with van der Waals surface area (Å²) in [5, 5.41) is 9.18. The van der Waals surface area contributed by atoms with Crippen LogP contribution in [0.4, 0.5) is 0 Å². The molecule has 2 unspecified atom stereocenters. The number of sulfone groups is 1. The van der Waals surface area contributed by atoms with Gasteiger partial charge in [-0.3, -0.25) is 14.5 Å². The van der Waals surface area contributed by atoms with Gasteiger partial charge < -0.3 is 14.9 Å². The van der Waals surface area contributed by atoms with Gasteiger partial charge in [0, 0.05) is 51.6 Å². The van der Waals surface area contributed by atoms with E-state index in [1.807, 2.05) is 4.90 Å². The Hall–Kier alpha value is -1.19. The smallest absolute Gasteiger partial charge is 0.223 e. The van der Waals surface area contributed by atoms with E-state index in [2.05, 4.69) is 0 Å². The Labute approximate surface area is 148 Å². The summed E-state index contributed by atoms with van der Waals surface area (Å²) in [6.45, 7) is 2.89. The maximum Gasteiger partial charge on any atom is 0.223 e. The lowest BCUT2D eigenvalue weighted by Crippen LogP contribution is -2.61. The van der Waals surface area contributed by atoms with Crippen LogP contribution in [0.15, 0.2) is 0 Å². The summed E-state index contributed by atoms with van der Waals surface area (Å²) >= 11 is 0. The molecular formula is C16H27N3O5S. The molecule has 3 saturated heterocycles. The Morgan fingerprint density at radius 2 is 1.88 bits per heavy atom. The molecule has 0 bridgehead atoms. The number of likely N-dealkylation sites (tertiary alicyclic amines) is 1. The minimum Gasteiger partial charge on any atom is -0.395 e. The van der Waals surface area contributed by atoms with E-state index in [1.54, 1.807) is 9.80 Å². The van der Waals surface area contributed by atoms with Crippen molar-refractivity contribution in [2.75, 3.05) is 50.8 Å². The normalized spacial score (nSPS) is 29.2. The molecule has 0 saturated carbocycles. The number of aliphatic hydroxyl groups is 1. The summed E-state index contributed by atoms with van der Waals surface area (Å²) in [6.07, 6.45) is 2.45. The van der Waals surface area contributed by atoms with E-state index in [-0.39, 0.29) is 42.0 Å². The third-order valence-electron chi connectivity index (χ3n) is 5.49. The second-order valence-electron chi connectivity index (χ2n) is 7.15. The van der Waals surface area contributed by atoms with Crippen LogP contribution in [-0.2, 0) is 19.4 Å². The Morgan fingerprint density at radius 1 is 1.12 bits per heavy atom. The second kappa shape index (κ2) is 7.59. The fourth-order valence-electron chi connectivity index (χ4n) is 4.25. The number of carbonyl (C=O) groups is 2. The standard InChI is InChI=1S/C16H27N3O5S/c20-10-9-17-7-8-19(14-12-25(23,24)11-13(14)17)16(22)4-2-6-18-5-1-3-15(18)21/h13-14,20H,1-12H2. The monoisotopic (exact) mass is 373 g/mol. The van der Waals surface area contributed by atoms with Crippen LogP contribution in [0.1, 0.15) is 25.7 Å². The lowest BCUT2D eigenvalue weighted by atomic mass is 10.0. The zero-order valence-corrected chi connectivity index (χ0v) is 15.3. The van der Waals surface area contributed by atoms with Crippen LogP contribution < -0.4 is 0 Å². The van der Waals surface area contributed by atoms with Crippen LogP contribution in [0.25, 0.3) is 0 Å². The molecule has 2 atom stereocenters. The molecule has 142 valence electrons. The largest absolute Gasteiger partial charge is 0.395 e. The number of fused-ring (bicyclic) bond motifs is 1. The number of β-amino-alcohol motifs (C(OH)–C–C–N with tert-alkyl or cyclic N) is 1. The molecule has 0 aromatic rings.